The minimum Gasteiger partial charge on any atom is -0.494 e. The molecule has 1 aromatic rings. The van der Waals surface area contributed by atoms with Crippen molar-refractivity contribution in [3.8, 4) is 11.5 Å². The molecule has 0 atom stereocenters. The average Bonchev–Trinajstić information content (AvgIpc) is 2.48. The number of benzene rings is 1. The van der Waals surface area contributed by atoms with Crippen molar-refractivity contribution in [3.63, 3.8) is 0 Å². The van der Waals surface area contributed by atoms with Crippen LogP contribution in [0.25, 0.3) is 0 Å². The molecule has 6 nitrogen and oxygen atoms in total. The zero-order chi connectivity index (χ0) is 16.7. The third-order valence-electron chi connectivity index (χ3n) is 2.90. The highest BCUT2D eigenvalue weighted by Crippen LogP contribution is 2.36. The first kappa shape index (κ1) is 18.1. The summed E-state index contributed by atoms with van der Waals surface area (Å²) in [6.07, 6.45) is 0.193. The number of methoxy groups -OCH3 is 2. The molecule has 0 aliphatic heterocycles. The van der Waals surface area contributed by atoms with Crippen molar-refractivity contribution in [1.82, 2.24) is 0 Å². The summed E-state index contributed by atoms with van der Waals surface area (Å²) in [6.45, 7) is 3.58. The van der Waals surface area contributed by atoms with Gasteiger partial charge in [0.15, 0.2) is 0 Å². The number of hydrogen-bond donors (Lipinski definition) is 2. The molecule has 22 heavy (non-hydrogen) atoms. The Kier molecular flexibility index (Phi) is 6.98. The Bertz CT molecular complexity index is 547. The topological polar surface area (TPSA) is 76.7 Å². The van der Waals surface area contributed by atoms with Crippen molar-refractivity contribution in [3.05, 3.63) is 12.1 Å². The Morgan fingerprint density at radius 1 is 1.09 bits per heavy atom. The van der Waals surface area contributed by atoms with Gasteiger partial charge in [-0.2, -0.15) is 0 Å². The maximum Gasteiger partial charge on any atom is 0.227 e. The third kappa shape index (κ3) is 4.80. The van der Waals surface area contributed by atoms with Gasteiger partial charge in [-0.25, -0.2) is 0 Å². The van der Waals surface area contributed by atoms with Gasteiger partial charge < -0.3 is 20.1 Å². The maximum atomic E-state index is 11.8. The van der Waals surface area contributed by atoms with E-state index in [1.807, 2.05) is 0 Å². The summed E-state index contributed by atoms with van der Waals surface area (Å²) < 4.78 is 10.5. The molecule has 0 aromatic heterocycles. The summed E-state index contributed by atoms with van der Waals surface area (Å²) in [7, 11) is 2.96. The maximum absolute atomic E-state index is 11.8. The Balaban J connectivity index is 3.11. The van der Waals surface area contributed by atoms with E-state index < -0.39 is 0 Å². The van der Waals surface area contributed by atoms with Crippen molar-refractivity contribution < 1.29 is 19.1 Å². The van der Waals surface area contributed by atoms with E-state index >= 15 is 0 Å². The molecule has 0 spiro atoms. The number of nitrogens with one attached hydrogen (secondary N) is 2. The van der Waals surface area contributed by atoms with Crippen LogP contribution < -0.4 is 20.1 Å². The number of rotatable bonds is 7. The van der Waals surface area contributed by atoms with E-state index in [-0.39, 0.29) is 30.0 Å². The van der Waals surface area contributed by atoms with Gasteiger partial charge in [0.05, 0.1) is 25.6 Å². The van der Waals surface area contributed by atoms with Crippen molar-refractivity contribution >= 4 is 34.8 Å². The highest BCUT2D eigenvalue weighted by atomic mass is 35.5. The standard InChI is InChI=1S/C15H21ClN2O4/c1-9(2)15(20)18-11-8-12(21-3)10(7-13(11)22-4)17-14(19)5-6-16/h7-9H,5-6H2,1-4H3,(H,17,19)(H,18,20). The molecule has 1 aromatic carbocycles. The van der Waals surface area contributed by atoms with Crippen LogP contribution in [0.15, 0.2) is 12.1 Å². The highest BCUT2D eigenvalue weighted by molar-refractivity contribution is 6.19. The lowest BCUT2D eigenvalue weighted by Crippen LogP contribution is -2.18. The minimum absolute atomic E-state index is 0.140. The zero-order valence-electron chi connectivity index (χ0n) is 13.2. The van der Waals surface area contributed by atoms with Gasteiger partial charge in [-0.3, -0.25) is 9.59 Å². The van der Waals surface area contributed by atoms with E-state index in [1.165, 1.54) is 14.2 Å². The lowest BCUT2D eigenvalue weighted by molar-refractivity contribution is -0.119. The van der Waals surface area contributed by atoms with E-state index in [9.17, 15) is 9.59 Å². The van der Waals surface area contributed by atoms with E-state index in [0.717, 1.165) is 0 Å². The van der Waals surface area contributed by atoms with Crippen molar-refractivity contribution in [2.24, 2.45) is 5.92 Å². The summed E-state index contributed by atoms with van der Waals surface area (Å²) in [6, 6.07) is 3.20. The lowest BCUT2D eigenvalue weighted by atomic mass is 10.2. The molecule has 7 heteroatoms. The largest absolute Gasteiger partial charge is 0.494 e. The fraction of sp³-hybridized carbons (Fsp3) is 0.467. The van der Waals surface area contributed by atoms with Crippen molar-refractivity contribution in [2.45, 2.75) is 20.3 Å². The molecule has 0 aliphatic rings. The Morgan fingerprint density at radius 2 is 1.59 bits per heavy atom. The predicted molar refractivity (Wildman–Crippen MR) is 87.0 cm³/mol. The van der Waals surface area contributed by atoms with Crippen LogP contribution >= 0.6 is 11.6 Å². The van der Waals surface area contributed by atoms with Gasteiger partial charge in [0.25, 0.3) is 0 Å². The average molecular weight is 329 g/mol. The molecule has 0 saturated carbocycles. The number of ether oxygens (including phenoxy) is 2. The fourth-order valence-electron chi connectivity index (χ4n) is 1.67. The second-order valence-corrected chi connectivity index (χ2v) is 5.26. The summed E-state index contributed by atoms with van der Waals surface area (Å²) in [4.78, 5) is 23.5. The van der Waals surface area contributed by atoms with Crippen LogP contribution in [-0.2, 0) is 9.59 Å². The van der Waals surface area contributed by atoms with Crippen molar-refractivity contribution in [1.29, 1.82) is 0 Å². The SMILES string of the molecule is COc1cc(NC(=O)C(C)C)c(OC)cc1NC(=O)CCCl. The molecule has 0 fully saturated rings. The number of carbonyl (C=O) groups excluding carboxylic acids is 2. The zero-order valence-corrected chi connectivity index (χ0v) is 13.9. The van der Waals surface area contributed by atoms with Crippen LogP contribution in [-0.4, -0.2) is 31.9 Å². The second kappa shape index (κ2) is 8.48. The summed E-state index contributed by atoms with van der Waals surface area (Å²) in [5.41, 5.74) is 0.936. The minimum atomic E-state index is -0.227. The van der Waals surface area contributed by atoms with E-state index in [2.05, 4.69) is 10.6 Å². The van der Waals surface area contributed by atoms with Crippen LogP contribution in [0, 0.1) is 5.92 Å². The van der Waals surface area contributed by atoms with Crippen molar-refractivity contribution in [2.75, 3.05) is 30.7 Å². The quantitative estimate of drug-likeness (QED) is 0.755. The number of anilines is 2. The van der Waals surface area contributed by atoms with Gasteiger partial charge in [0.2, 0.25) is 11.8 Å². The Hall–Kier alpha value is -1.95. The van der Waals surface area contributed by atoms with Gasteiger partial charge >= 0.3 is 0 Å². The molecule has 1 rings (SSSR count). The molecule has 122 valence electrons. The van der Waals surface area contributed by atoms with E-state index in [4.69, 9.17) is 21.1 Å². The number of hydrogen-bond acceptors (Lipinski definition) is 4. The van der Waals surface area contributed by atoms with E-state index in [0.29, 0.717) is 22.9 Å². The first-order valence-electron chi connectivity index (χ1n) is 6.85. The second-order valence-electron chi connectivity index (χ2n) is 4.88. The number of halogens is 1. The smallest absolute Gasteiger partial charge is 0.227 e. The van der Waals surface area contributed by atoms with Gasteiger partial charge in [-0.05, 0) is 0 Å². The molecule has 0 bridgehead atoms. The molecule has 0 aliphatic carbocycles. The van der Waals surface area contributed by atoms with Gasteiger partial charge in [0.1, 0.15) is 11.5 Å². The van der Waals surface area contributed by atoms with Crippen LogP contribution in [0.4, 0.5) is 11.4 Å². The van der Waals surface area contributed by atoms with Crippen LogP contribution in [0.5, 0.6) is 11.5 Å². The Labute approximate surface area is 135 Å². The Morgan fingerprint density at radius 3 is 2.00 bits per heavy atom. The van der Waals surface area contributed by atoms with E-state index in [1.54, 1.807) is 26.0 Å². The van der Waals surface area contributed by atoms with Gasteiger partial charge in [-0.1, -0.05) is 13.8 Å². The normalized spacial score (nSPS) is 10.3. The molecule has 0 unspecified atom stereocenters. The first-order chi connectivity index (χ1) is 10.4. The fourth-order valence-corrected chi connectivity index (χ4v) is 1.84. The molecular weight excluding hydrogens is 308 g/mol. The summed E-state index contributed by atoms with van der Waals surface area (Å²) in [5, 5.41) is 5.46. The lowest BCUT2D eigenvalue weighted by Gasteiger charge is -2.16. The third-order valence-corrected chi connectivity index (χ3v) is 3.09. The van der Waals surface area contributed by atoms with Gasteiger partial charge in [-0.15, -0.1) is 11.6 Å². The molecule has 0 saturated heterocycles. The highest BCUT2D eigenvalue weighted by Gasteiger charge is 2.16. The number of amides is 2. The van der Waals surface area contributed by atoms with Gasteiger partial charge in [0, 0.05) is 30.4 Å². The summed E-state index contributed by atoms with van der Waals surface area (Å²) >= 11 is 5.54. The van der Waals surface area contributed by atoms with Crippen LogP contribution in [0.2, 0.25) is 0 Å². The molecule has 0 radical (unpaired) electrons. The monoisotopic (exact) mass is 328 g/mol. The molecule has 0 heterocycles. The molecule has 2 N–H and O–H groups in total. The molecule has 2 amide bonds. The summed E-state index contributed by atoms with van der Waals surface area (Å²) in [5.74, 6) is 0.541. The first-order valence-corrected chi connectivity index (χ1v) is 7.39. The van der Waals surface area contributed by atoms with Crippen LogP contribution in [0.3, 0.4) is 0 Å². The van der Waals surface area contributed by atoms with Crippen LogP contribution in [0.1, 0.15) is 20.3 Å². The number of carbonyl (C=O) groups is 2. The molecular formula is C15H21ClN2O4. The predicted octanol–water partition coefficient (Wildman–Crippen LogP) is 2.87. The number of alkyl halides is 1.